The van der Waals surface area contributed by atoms with Gasteiger partial charge in [-0.05, 0) is 24.1 Å². The fraction of sp³-hybridized carbons (Fsp3) is 0.438. The van der Waals surface area contributed by atoms with Crippen LogP contribution < -0.4 is 4.74 Å². The maximum absolute atomic E-state index is 12.5. The molecule has 1 amide bonds. The molecular weight excluding hydrogens is 284 g/mol. The number of nitrogens with one attached hydrogen (secondary N) is 1. The van der Waals surface area contributed by atoms with Crippen molar-refractivity contribution in [1.82, 2.24) is 9.88 Å². The average Bonchev–Trinajstić information content (AvgIpc) is 3.10. The smallest absolute Gasteiger partial charge is 0.227 e. The molecule has 22 heavy (non-hydrogen) atoms. The molecule has 3 N–H and O–H groups in total. The molecule has 0 saturated carbocycles. The Morgan fingerprint density at radius 2 is 2.32 bits per heavy atom. The third-order valence-electron chi connectivity index (χ3n) is 4.23. The molecule has 118 valence electrons. The number of carbonyl (C=O) groups excluding carboxylic acids is 1. The number of aliphatic hydroxyl groups excluding tert-OH is 2. The predicted molar refractivity (Wildman–Crippen MR) is 81.8 cm³/mol. The molecule has 0 radical (unpaired) electrons. The van der Waals surface area contributed by atoms with Crippen molar-refractivity contribution in [3.8, 4) is 5.75 Å². The summed E-state index contributed by atoms with van der Waals surface area (Å²) in [6, 6.07) is 5.39. The molecule has 2 aromatic rings. The summed E-state index contributed by atoms with van der Waals surface area (Å²) in [4.78, 5) is 17.2. The summed E-state index contributed by atoms with van der Waals surface area (Å²) in [7, 11) is 1.60. The lowest BCUT2D eigenvalue weighted by atomic mass is 10.1. The van der Waals surface area contributed by atoms with Gasteiger partial charge in [0.15, 0.2) is 0 Å². The number of likely N-dealkylation sites (tertiary alicyclic amines) is 1. The van der Waals surface area contributed by atoms with E-state index in [4.69, 9.17) is 4.74 Å². The van der Waals surface area contributed by atoms with Crippen molar-refractivity contribution in [2.24, 2.45) is 0 Å². The number of fused-ring (bicyclic) bond motifs is 1. The maximum Gasteiger partial charge on any atom is 0.227 e. The summed E-state index contributed by atoms with van der Waals surface area (Å²) in [5.74, 6) is 0.629. The van der Waals surface area contributed by atoms with Gasteiger partial charge in [0.1, 0.15) is 5.75 Å². The summed E-state index contributed by atoms with van der Waals surface area (Å²) in [5, 5.41) is 20.0. The molecule has 0 spiro atoms. The molecular formula is C16H20N2O4. The number of hydrogen-bond donors (Lipinski definition) is 3. The van der Waals surface area contributed by atoms with Crippen LogP contribution in [0.1, 0.15) is 12.0 Å². The summed E-state index contributed by atoms with van der Waals surface area (Å²) in [6.07, 6.45) is 1.90. The number of amides is 1. The van der Waals surface area contributed by atoms with Crippen LogP contribution in [0.15, 0.2) is 24.4 Å². The largest absolute Gasteiger partial charge is 0.496 e. The van der Waals surface area contributed by atoms with E-state index in [-0.39, 0.29) is 31.5 Å². The van der Waals surface area contributed by atoms with Crippen molar-refractivity contribution < 1.29 is 19.7 Å². The van der Waals surface area contributed by atoms with E-state index in [1.54, 1.807) is 12.0 Å². The summed E-state index contributed by atoms with van der Waals surface area (Å²) >= 11 is 0. The highest BCUT2D eigenvalue weighted by molar-refractivity contribution is 5.93. The van der Waals surface area contributed by atoms with E-state index in [9.17, 15) is 15.0 Å². The van der Waals surface area contributed by atoms with Gasteiger partial charge in [-0.2, -0.15) is 0 Å². The monoisotopic (exact) mass is 304 g/mol. The van der Waals surface area contributed by atoms with Crippen molar-refractivity contribution in [3.63, 3.8) is 0 Å². The highest BCUT2D eigenvalue weighted by Gasteiger charge is 2.33. The lowest BCUT2D eigenvalue weighted by molar-refractivity contribution is -0.132. The first-order valence-corrected chi connectivity index (χ1v) is 7.35. The highest BCUT2D eigenvalue weighted by Crippen LogP contribution is 2.29. The van der Waals surface area contributed by atoms with E-state index >= 15 is 0 Å². The Kier molecular flexibility index (Phi) is 4.04. The Hall–Kier alpha value is -2.05. The number of carbonyl (C=O) groups is 1. The van der Waals surface area contributed by atoms with Gasteiger partial charge in [0.2, 0.25) is 5.91 Å². The van der Waals surface area contributed by atoms with Crippen LogP contribution in [0.25, 0.3) is 10.9 Å². The third-order valence-corrected chi connectivity index (χ3v) is 4.23. The van der Waals surface area contributed by atoms with E-state index in [0.717, 1.165) is 22.2 Å². The number of aromatic nitrogens is 1. The fourth-order valence-corrected chi connectivity index (χ4v) is 3.16. The molecule has 0 bridgehead atoms. The summed E-state index contributed by atoms with van der Waals surface area (Å²) in [6.45, 7) is 0.156. The van der Waals surface area contributed by atoms with Crippen molar-refractivity contribution in [1.29, 1.82) is 0 Å². The zero-order valence-corrected chi connectivity index (χ0v) is 12.5. The zero-order valence-electron chi connectivity index (χ0n) is 12.5. The van der Waals surface area contributed by atoms with Crippen molar-refractivity contribution in [3.05, 3.63) is 30.0 Å². The number of hydrogen-bond acceptors (Lipinski definition) is 4. The molecule has 1 aromatic carbocycles. The van der Waals surface area contributed by atoms with E-state index < -0.39 is 6.10 Å². The lowest BCUT2D eigenvalue weighted by Crippen LogP contribution is -2.38. The Labute approximate surface area is 128 Å². The summed E-state index contributed by atoms with van der Waals surface area (Å²) in [5.41, 5.74) is 1.78. The summed E-state index contributed by atoms with van der Waals surface area (Å²) < 4.78 is 5.37. The van der Waals surface area contributed by atoms with Crippen LogP contribution >= 0.6 is 0 Å². The number of rotatable bonds is 4. The molecule has 1 saturated heterocycles. The Morgan fingerprint density at radius 3 is 3.05 bits per heavy atom. The minimum atomic E-state index is -0.557. The Morgan fingerprint density at radius 1 is 1.50 bits per heavy atom. The van der Waals surface area contributed by atoms with Gasteiger partial charge in [0.25, 0.3) is 0 Å². The van der Waals surface area contributed by atoms with Gasteiger partial charge >= 0.3 is 0 Å². The van der Waals surface area contributed by atoms with Gasteiger partial charge in [-0.15, -0.1) is 0 Å². The van der Waals surface area contributed by atoms with Gasteiger partial charge in [0.05, 0.1) is 32.3 Å². The molecule has 2 heterocycles. The number of benzene rings is 1. The third kappa shape index (κ3) is 2.55. The van der Waals surface area contributed by atoms with Gasteiger partial charge in [-0.1, -0.05) is 6.07 Å². The standard InChI is InChI=1S/C16H20N2O4/c1-22-14-4-2-3-13-16(14)10(7-17-13)5-15(21)18-8-12(20)6-11(18)9-19/h2-4,7,11-12,17,19-20H,5-6,8-9H2,1H3/t11-,12-/m0/s1. The molecule has 1 fully saturated rings. The van der Waals surface area contributed by atoms with Crippen LogP contribution in [-0.4, -0.2) is 58.4 Å². The van der Waals surface area contributed by atoms with E-state index in [0.29, 0.717) is 6.42 Å². The van der Waals surface area contributed by atoms with Crippen LogP contribution in [0, 0.1) is 0 Å². The molecule has 0 aliphatic carbocycles. The number of β-amino-alcohol motifs (C(OH)–C–C–N with tert-alkyl or cyclic N) is 1. The number of H-pyrrole nitrogens is 1. The normalized spacial score (nSPS) is 21.5. The van der Waals surface area contributed by atoms with Crippen LogP contribution in [0.5, 0.6) is 5.75 Å². The van der Waals surface area contributed by atoms with E-state index in [1.807, 2.05) is 24.4 Å². The fourth-order valence-electron chi connectivity index (χ4n) is 3.16. The lowest BCUT2D eigenvalue weighted by Gasteiger charge is -2.22. The van der Waals surface area contributed by atoms with Crippen LogP contribution in [0.2, 0.25) is 0 Å². The number of methoxy groups -OCH3 is 1. The molecule has 6 nitrogen and oxygen atoms in total. The van der Waals surface area contributed by atoms with Crippen molar-refractivity contribution >= 4 is 16.8 Å². The zero-order chi connectivity index (χ0) is 15.7. The molecule has 2 atom stereocenters. The van der Waals surface area contributed by atoms with Crippen LogP contribution in [0.4, 0.5) is 0 Å². The average molecular weight is 304 g/mol. The number of nitrogens with zero attached hydrogens (tertiary/aromatic N) is 1. The van der Waals surface area contributed by atoms with Crippen molar-refractivity contribution in [2.75, 3.05) is 20.3 Å². The molecule has 6 heteroatoms. The second kappa shape index (κ2) is 5.98. The van der Waals surface area contributed by atoms with Gasteiger partial charge in [-0.25, -0.2) is 0 Å². The molecule has 1 aliphatic rings. The van der Waals surface area contributed by atoms with Crippen molar-refractivity contribution in [2.45, 2.75) is 25.0 Å². The predicted octanol–water partition coefficient (Wildman–Crippen LogP) is 0.673. The number of aliphatic hydroxyl groups is 2. The second-order valence-electron chi connectivity index (χ2n) is 5.65. The van der Waals surface area contributed by atoms with Crippen LogP contribution in [0.3, 0.4) is 0 Å². The van der Waals surface area contributed by atoms with Gasteiger partial charge < -0.3 is 24.8 Å². The molecule has 1 aromatic heterocycles. The Bertz CT molecular complexity index is 682. The first-order valence-electron chi connectivity index (χ1n) is 7.35. The van der Waals surface area contributed by atoms with E-state index in [1.165, 1.54) is 0 Å². The van der Waals surface area contributed by atoms with Gasteiger partial charge in [-0.3, -0.25) is 4.79 Å². The quantitative estimate of drug-likeness (QED) is 0.775. The molecule has 0 unspecified atom stereocenters. The maximum atomic E-state index is 12.5. The topological polar surface area (TPSA) is 85.8 Å². The number of ether oxygens (including phenoxy) is 1. The minimum Gasteiger partial charge on any atom is -0.496 e. The Balaban J connectivity index is 1.85. The highest BCUT2D eigenvalue weighted by atomic mass is 16.5. The minimum absolute atomic E-state index is 0.0950. The first kappa shape index (κ1) is 14.9. The first-order chi connectivity index (χ1) is 10.6. The molecule has 3 rings (SSSR count). The second-order valence-corrected chi connectivity index (χ2v) is 5.65. The SMILES string of the molecule is COc1cccc2[nH]cc(CC(=O)N3C[C@@H](O)C[C@H]3CO)c12. The van der Waals surface area contributed by atoms with Crippen LogP contribution in [-0.2, 0) is 11.2 Å². The molecule has 1 aliphatic heterocycles. The van der Waals surface area contributed by atoms with E-state index in [2.05, 4.69) is 4.98 Å². The number of aromatic amines is 1. The van der Waals surface area contributed by atoms with Gasteiger partial charge in [0, 0.05) is 23.6 Å².